The summed E-state index contributed by atoms with van der Waals surface area (Å²) in [7, 11) is -0.663. The molecule has 116 valence electrons. The van der Waals surface area contributed by atoms with Crippen molar-refractivity contribution in [2.45, 2.75) is 24.8 Å². The van der Waals surface area contributed by atoms with Gasteiger partial charge in [-0.25, -0.2) is 8.42 Å². The number of nitrogens with zero attached hydrogens (tertiary/aromatic N) is 2. The second-order valence-electron chi connectivity index (χ2n) is 5.21. The van der Waals surface area contributed by atoms with Crippen LogP contribution < -0.4 is 4.74 Å². The molecule has 1 saturated heterocycles. The molecule has 1 unspecified atom stereocenters. The van der Waals surface area contributed by atoms with Crippen molar-refractivity contribution < 1.29 is 17.9 Å². The van der Waals surface area contributed by atoms with Gasteiger partial charge in [0.15, 0.2) is 0 Å². The Morgan fingerprint density at radius 2 is 1.95 bits per heavy atom. The lowest BCUT2D eigenvalue weighted by Gasteiger charge is -2.36. The minimum Gasteiger partial charge on any atom is -0.495 e. The highest BCUT2D eigenvalue weighted by atomic mass is 32.2. The SMILES string of the molecule is COc1ccc(C)cc1S(=O)(=O)N1CCN(C)C(=O)C1C. The van der Waals surface area contributed by atoms with Crippen LogP contribution in [0.5, 0.6) is 5.75 Å². The van der Waals surface area contributed by atoms with Gasteiger partial charge in [0.05, 0.1) is 7.11 Å². The zero-order valence-electron chi connectivity index (χ0n) is 12.7. The predicted molar refractivity (Wildman–Crippen MR) is 78.7 cm³/mol. The van der Waals surface area contributed by atoms with Crippen molar-refractivity contribution in [3.8, 4) is 5.75 Å². The molecule has 2 rings (SSSR count). The van der Waals surface area contributed by atoms with E-state index in [4.69, 9.17) is 4.74 Å². The van der Waals surface area contributed by atoms with Crippen LogP contribution in [-0.2, 0) is 14.8 Å². The number of amides is 1. The normalized spacial score (nSPS) is 20.7. The van der Waals surface area contributed by atoms with Crippen molar-refractivity contribution in [3.05, 3.63) is 23.8 Å². The van der Waals surface area contributed by atoms with E-state index in [-0.39, 0.29) is 17.3 Å². The number of ether oxygens (including phenoxy) is 1. The fraction of sp³-hybridized carbons (Fsp3) is 0.500. The summed E-state index contributed by atoms with van der Waals surface area (Å²) in [5.74, 6) is 0.0932. The van der Waals surface area contributed by atoms with Crippen LogP contribution in [0.15, 0.2) is 23.1 Å². The van der Waals surface area contributed by atoms with Gasteiger partial charge < -0.3 is 9.64 Å². The summed E-state index contributed by atoms with van der Waals surface area (Å²) in [5, 5.41) is 0. The van der Waals surface area contributed by atoms with Gasteiger partial charge in [-0.3, -0.25) is 4.79 Å². The minimum atomic E-state index is -3.77. The van der Waals surface area contributed by atoms with Crippen LogP contribution in [0.3, 0.4) is 0 Å². The van der Waals surface area contributed by atoms with Crippen LogP contribution in [0.4, 0.5) is 0 Å². The second-order valence-corrected chi connectivity index (χ2v) is 7.06. The van der Waals surface area contributed by atoms with E-state index in [2.05, 4.69) is 0 Å². The molecule has 1 aliphatic heterocycles. The minimum absolute atomic E-state index is 0.106. The number of hydrogen-bond donors (Lipinski definition) is 0. The Kier molecular flexibility index (Phi) is 4.25. The maximum atomic E-state index is 12.9. The lowest BCUT2D eigenvalue weighted by atomic mass is 10.2. The molecule has 7 heteroatoms. The van der Waals surface area contributed by atoms with Gasteiger partial charge in [-0.2, -0.15) is 4.31 Å². The number of carbonyl (C=O) groups is 1. The summed E-state index contributed by atoms with van der Waals surface area (Å²) < 4.78 is 32.1. The number of hydrogen-bond acceptors (Lipinski definition) is 4. The Hall–Kier alpha value is -1.60. The molecule has 1 aromatic rings. The average molecular weight is 312 g/mol. The maximum Gasteiger partial charge on any atom is 0.247 e. The number of methoxy groups -OCH3 is 1. The van der Waals surface area contributed by atoms with Crippen molar-refractivity contribution in [1.29, 1.82) is 0 Å². The lowest BCUT2D eigenvalue weighted by Crippen LogP contribution is -2.56. The number of likely N-dealkylation sites (N-methyl/N-ethyl adjacent to an activating group) is 1. The van der Waals surface area contributed by atoms with E-state index in [1.165, 1.54) is 11.4 Å². The molecular weight excluding hydrogens is 292 g/mol. The third-order valence-electron chi connectivity index (χ3n) is 3.73. The smallest absolute Gasteiger partial charge is 0.247 e. The van der Waals surface area contributed by atoms with Crippen LogP contribution in [0.2, 0.25) is 0 Å². The zero-order valence-corrected chi connectivity index (χ0v) is 13.5. The van der Waals surface area contributed by atoms with Crippen LogP contribution in [-0.4, -0.2) is 56.8 Å². The molecule has 6 nitrogen and oxygen atoms in total. The van der Waals surface area contributed by atoms with Crippen LogP contribution in [0.25, 0.3) is 0 Å². The molecule has 1 amide bonds. The lowest BCUT2D eigenvalue weighted by molar-refractivity contribution is -0.136. The summed E-state index contributed by atoms with van der Waals surface area (Å²) in [6.07, 6.45) is 0. The molecule has 0 bridgehead atoms. The molecular formula is C14H20N2O4S. The highest BCUT2D eigenvalue weighted by molar-refractivity contribution is 7.89. The number of aryl methyl sites for hydroxylation is 1. The van der Waals surface area contributed by atoms with Gasteiger partial charge in [0.1, 0.15) is 16.7 Å². The molecule has 1 aromatic carbocycles. The third kappa shape index (κ3) is 2.75. The first kappa shape index (κ1) is 15.8. The summed E-state index contributed by atoms with van der Waals surface area (Å²) >= 11 is 0. The number of carbonyl (C=O) groups excluding carboxylic acids is 1. The van der Waals surface area contributed by atoms with Crippen LogP contribution in [0, 0.1) is 6.92 Å². The predicted octanol–water partition coefficient (Wildman–Crippen LogP) is 0.855. The first-order chi connectivity index (χ1) is 9.78. The van der Waals surface area contributed by atoms with E-state index in [1.54, 1.807) is 37.1 Å². The Morgan fingerprint density at radius 1 is 1.29 bits per heavy atom. The number of sulfonamides is 1. The van der Waals surface area contributed by atoms with Crippen LogP contribution in [0.1, 0.15) is 12.5 Å². The van der Waals surface area contributed by atoms with Crippen molar-refractivity contribution in [1.82, 2.24) is 9.21 Å². The second kappa shape index (κ2) is 5.65. The van der Waals surface area contributed by atoms with E-state index >= 15 is 0 Å². The molecule has 1 aliphatic rings. The largest absolute Gasteiger partial charge is 0.495 e. The van der Waals surface area contributed by atoms with Gasteiger partial charge in [0.2, 0.25) is 15.9 Å². The van der Waals surface area contributed by atoms with Crippen LogP contribution >= 0.6 is 0 Å². The van der Waals surface area contributed by atoms with Gasteiger partial charge in [-0.05, 0) is 31.5 Å². The van der Waals surface area contributed by atoms with Gasteiger partial charge >= 0.3 is 0 Å². The molecule has 1 heterocycles. The molecule has 0 aliphatic carbocycles. The Morgan fingerprint density at radius 3 is 2.57 bits per heavy atom. The van der Waals surface area contributed by atoms with Crippen molar-refractivity contribution >= 4 is 15.9 Å². The van der Waals surface area contributed by atoms with E-state index in [9.17, 15) is 13.2 Å². The third-order valence-corrected chi connectivity index (χ3v) is 5.72. The summed E-state index contributed by atoms with van der Waals surface area (Å²) in [5.41, 5.74) is 0.822. The number of rotatable bonds is 3. The molecule has 0 spiro atoms. The summed E-state index contributed by atoms with van der Waals surface area (Å²) in [6, 6.07) is 4.28. The van der Waals surface area contributed by atoms with Gasteiger partial charge in [-0.15, -0.1) is 0 Å². The van der Waals surface area contributed by atoms with E-state index in [0.29, 0.717) is 12.3 Å². The molecule has 0 N–H and O–H groups in total. The first-order valence-corrected chi connectivity index (χ1v) is 8.14. The molecule has 0 radical (unpaired) electrons. The zero-order chi connectivity index (χ0) is 15.8. The summed E-state index contributed by atoms with van der Waals surface area (Å²) in [6.45, 7) is 4.09. The fourth-order valence-electron chi connectivity index (χ4n) is 2.43. The topological polar surface area (TPSA) is 66.9 Å². The first-order valence-electron chi connectivity index (χ1n) is 6.70. The van der Waals surface area contributed by atoms with E-state index in [1.807, 2.05) is 6.92 Å². The van der Waals surface area contributed by atoms with E-state index in [0.717, 1.165) is 5.56 Å². The molecule has 1 fully saturated rings. The highest BCUT2D eigenvalue weighted by Crippen LogP contribution is 2.29. The number of benzene rings is 1. The Labute approximate surface area is 125 Å². The number of piperazine rings is 1. The van der Waals surface area contributed by atoms with Gasteiger partial charge in [-0.1, -0.05) is 6.07 Å². The molecule has 0 saturated carbocycles. The Balaban J connectivity index is 2.47. The van der Waals surface area contributed by atoms with Gasteiger partial charge in [0.25, 0.3) is 0 Å². The van der Waals surface area contributed by atoms with Crippen molar-refractivity contribution in [2.24, 2.45) is 0 Å². The maximum absolute atomic E-state index is 12.9. The van der Waals surface area contributed by atoms with Crippen molar-refractivity contribution in [3.63, 3.8) is 0 Å². The highest BCUT2D eigenvalue weighted by Gasteiger charge is 2.39. The fourth-order valence-corrected chi connectivity index (χ4v) is 4.26. The standard InChI is InChI=1S/C14H20N2O4S/c1-10-5-6-12(20-4)13(9-10)21(18,19)16-8-7-15(3)14(17)11(16)2/h5-6,9,11H,7-8H2,1-4H3. The Bertz CT molecular complexity index is 657. The van der Waals surface area contributed by atoms with Crippen molar-refractivity contribution in [2.75, 3.05) is 27.2 Å². The molecule has 1 atom stereocenters. The monoisotopic (exact) mass is 312 g/mol. The molecule has 0 aromatic heterocycles. The molecule has 21 heavy (non-hydrogen) atoms. The van der Waals surface area contributed by atoms with Gasteiger partial charge in [0, 0.05) is 20.1 Å². The average Bonchev–Trinajstić information content (AvgIpc) is 2.44. The quantitative estimate of drug-likeness (QED) is 0.830. The summed E-state index contributed by atoms with van der Waals surface area (Å²) in [4.78, 5) is 13.7. The van der Waals surface area contributed by atoms with E-state index < -0.39 is 16.1 Å².